The highest BCUT2D eigenvalue weighted by Crippen LogP contribution is 2.32. The summed E-state index contributed by atoms with van der Waals surface area (Å²) in [6.45, 7) is 5.74. The van der Waals surface area contributed by atoms with Crippen molar-refractivity contribution in [3.05, 3.63) is 66.0 Å². The van der Waals surface area contributed by atoms with E-state index >= 15 is 0 Å². The molecule has 168 valence electrons. The fraction of sp³-hybridized carbons (Fsp3) is 0.333. The number of aromatic nitrogens is 1. The summed E-state index contributed by atoms with van der Waals surface area (Å²) in [5, 5.41) is 5.90. The van der Waals surface area contributed by atoms with Gasteiger partial charge < -0.3 is 19.7 Å². The van der Waals surface area contributed by atoms with Crippen LogP contribution in [-0.2, 0) is 13.1 Å². The Morgan fingerprint density at radius 2 is 1.84 bits per heavy atom. The first-order chi connectivity index (χ1) is 15.3. The maximum absolute atomic E-state index is 5.50. The van der Waals surface area contributed by atoms with Crippen molar-refractivity contribution in [3.63, 3.8) is 0 Å². The smallest absolute Gasteiger partial charge is 0.231 e. The molecule has 7 nitrogen and oxygen atoms in total. The van der Waals surface area contributed by atoms with E-state index < -0.39 is 0 Å². The minimum atomic E-state index is 0. The molecule has 0 spiro atoms. The molecule has 0 unspecified atom stereocenters. The molecule has 32 heavy (non-hydrogen) atoms. The number of fused-ring (bicyclic) bond motifs is 2. The van der Waals surface area contributed by atoms with Gasteiger partial charge in [0, 0.05) is 51.4 Å². The van der Waals surface area contributed by atoms with Crippen LogP contribution in [0, 0.1) is 0 Å². The predicted octanol–water partition coefficient (Wildman–Crippen LogP) is 3.47. The van der Waals surface area contributed by atoms with Gasteiger partial charge in [-0.05, 0) is 29.1 Å². The number of halogens is 1. The lowest BCUT2D eigenvalue weighted by Gasteiger charge is -2.36. The van der Waals surface area contributed by atoms with Gasteiger partial charge in [-0.1, -0.05) is 30.3 Å². The Hall–Kier alpha value is -2.59. The normalized spacial score (nSPS) is 16.2. The summed E-state index contributed by atoms with van der Waals surface area (Å²) in [7, 11) is 1.85. The van der Waals surface area contributed by atoms with Crippen LogP contribution in [0.25, 0.3) is 10.8 Å². The lowest BCUT2D eigenvalue weighted by Crippen LogP contribution is -2.52. The summed E-state index contributed by atoms with van der Waals surface area (Å²) in [6, 6.07) is 16.6. The third-order valence-electron chi connectivity index (χ3n) is 5.90. The van der Waals surface area contributed by atoms with Crippen molar-refractivity contribution in [3.8, 4) is 11.5 Å². The van der Waals surface area contributed by atoms with Crippen molar-refractivity contribution in [1.82, 2.24) is 20.1 Å². The van der Waals surface area contributed by atoms with Crippen LogP contribution in [0.3, 0.4) is 0 Å². The second kappa shape index (κ2) is 10.4. The van der Waals surface area contributed by atoms with E-state index in [0.717, 1.165) is 55.9 Å². The third-order valence-corrected chi connectivity index (χ3v) is 5.90. The zero-order valence-electron chi connectivity index (χ0n) is 18.2. The average molecular weight is 545 g/mol. The Morgan fingerprint density at radius 3 is 2.69 bits per heavy atom. The standard InChI is InChI=1S/C24H27N5O2.HI/c1-25-24(27-15-21-20-5-3-2-4-19(20)8-9-26-21)29-12-10-28(11-13-29)16-18-6-7-22-23(14-18)31-17-30-22;/h2-9,14H,10-13,15-17H2,1H3,(H,25,27);1H. The van der Waals surface area contributed by atoms with Gasteiger partial charge in [0.2, 0.25) is 6.79 Å². The van der Waals surface area contributed by atoms with E-state index in [4.69, 9.17) is 9.47 Å². The molecule has 0 amide bonds. The fourth-order valence-corrected chi connectivity index (χ4v) is 4.23. The van der Waals surface area contributed by atoms with Crippen molar-refractivity contribution in [1.29, 1.82) is 0 Å². The van der Waals surface area contributed by atoms with Gasteiger partial charge in [0.25, 0.3) is 0 Å². The van der Waals surface area contributed by atoms with Gasteiger partial charge >= 0.3 is 0 Å². The molecular formula is C24H28IN5O2. The van der Waals surface area contributed by atoms with Crippen LogP contribution in [0.1, 0.15) is 11.3 Å². The summed E-state index contributed by atoms with van der Waals surface area (Å²) in [4.78, 5) is 13.9. The lowest BCUT2D eigenvalue weighted by atomic mass is 10.1. The summed E-state index contributed by atoms with van der Waals surface area (Å²) in [6.07, 6.45) is 1.87. The molecule has 1 fully saturated rings. The van der Waals surface area contributed by atoms with Crippen molar-refractivity contribution in [2.24, 2.45) is 4.99 Å². The van der Waals surface area contributed by atoms with Gasteiger partial charge in [0.1, 0.15) is 0 Å². The van der Waals surface area contributed by atoms with Crippen LogP contribution in [0.5, 0.6) is 11.5 Å². The number of guanidine groups is 1. The van der Waals surface area contributed by atoms with E-state index in [-0.39, 0.29) is 24.0 Å². The van der Waals surface area contributed by atoms with Gasteiger partial charge in [-0.25, -0.2) is 0 Å². The number of benzene rings is 2. The fourth-order valence-electron chi connectivity index (χ4n) is 4.23. The first-order valence-electron chi connectivity index (χ1n) is 10.7. The van der Waals surface area contributed by atoms with Crippen LogP contribution in [-0.4, -0.2) is 60.8 Å². The Bertz CT molecular complexity index is 1090. The van der Waals surface area contributed by atoms with Gasteiger partial charge in [0.15, 0.2) is 17.5 Å². The van der Waals surface area contributed by atoms with Crippen molar-refractivity contribution < 1.29 is 9.47 Å². The van der Waals surface area contributed by atoms with Crippen molar-refractivity contribution >= 4 is 40.7 Å². The van der Waals surface area contributed by atoms with Crippen LogP contribution >= 0.6 is 24.0 Å². The first kappa shape index (κ1) is 22.6. The molecule has 2 aliphatic heterocycles. The number of ether oxygens (including phenoxy) is 2. The van der Waals surface area contributed by atoms with Gasteiger partial charge in [0.05, 0.1) is 12.2 Å². The number of aliphatic imine (C=N–C) groups is 1. The predicted molar refractivity (Wildman–Crippen MR) is 137 cm³/mol. The molecule has 5 rings (SSSR count). The van der Waals surface area contributed by atoms with Crippen LogP contribution in [0.4, 0.5) is 0 Å². The minimum Gasteiger partial charge on any atom is -0.454 e. The molecule has 1 aromatic heterocycles. The molecular weight excluding hydrogens is 517 g/mol. The van der Waals surface area contributed by atoms with E-state index in [9.17, 15) is 0 Å². The Kier molecular flexibility index (Phi) is 7.31. The molecule has 0 aliphatic carbocycles. The summed E-state index contributed by atoms with van der Waals surface area (Å²) in [5.41, 5.74) is 2.29. The topological polar surface area (TPSA) is 62.2 Å². The minimum absolute atomic E-state index is 0. The van der Waals surface area contributed by atoms with Crippen molar-refractivity contribution in [2.45, 2.75) is 13.1 Å². The number of pyridine rings is 1. The largest absolute Gasteiger partial charge is 0.454 e. The highest BCUT2D eigenvalue weighted by atomic mass is 127. The summed E-state index contributed by atoms with van der Waals surface area (Å²) >= 11 is 0. The molecule has 0 saturated carbocycles. The highest BCUT2D eigenvalue weighted by molar-refractivity contribution is 14.0. The average Bonchev–Trinajstić information content (AvgIpc) is 3.28. The molecule has 3 aromatic rings. The summed E-state index contributed by atoms with van der Waals surface area (Å²) in [5.74, 6) is 2.62. The summed E-state index contributed by atoms with van der Waals surface area (Å²) < 4.78 is 10.9. The number of nitrogens with zero attached hydrogens (tertiary/aromatic N) is 4. The molecule has 2 aliphatic rings. The number of piperazine rings is 1. The molecule has 1 saturated heterocycles. The maximum Gasteiger partial charge on any atom is 0.231 e. The molecule has 0 atom stereocenters. The Balaban J connectivity index is 0.00000245. The maximum atomic E-state index is 5.50. The zero-order chi connectivity index (χ0) is 21.0. The van der Waals surface area contributed by atoms with E-state index in [2.05, 4.69) is 61.5 Å². The SMILES string of the molecule is CN=C(NCc1nccc2ccccc12)N1CCN(Cc2ccc3c(c2)OCO3)CC1.I. The van der Waals surface area contributed by atoms with Crippen LogP contribution in [0.15, 0.2) is 59.7 Å². The van der Waals surface area contributed by atoms with E-state index in [1.54, 1.807) is 0 Å². The monoisotopic (exact) mass is 545 g/mol. The number of rotatable bonds is 4. The van der Waals surface area contributed by atoms with Gasteiger partial charge in [-0.2, -0.15) is 0 Å². The molecule has 8 heteroatoms. The Labute approximate surface area is 205 Å². The Morgan fingerprint density at radius 1 is 1.03 bits per heavy atom. The molecule has 0 bridgehead atoms. The van der Waals surface area contributed by atoms with Gasteiger partial charge in [-0.3, -0.25) is 14.9 Å². The van der Waals surface area contributed by atoms with E-state index in [0.29, 0.717) is 13.3 Å². The van der Waals surface area contributed by atoms with Crippen LogP contribution in [0.2, 0.25) is 0 Å². The number of nitrogens with one attached hydrogen (secondary N) is 1. The lowest BCUT2D eigenvalue weighted by molar-refractivity contribution is 0.171. The highest BCUT2D eigenvalue weighted by Gasteiger charge is 2.21. The molecule has 0 radical (unpaired) electrons. The molecule has 3 heterocycles. The van der Waals surface area contributed by atoms with Gasteiger partial charge in [-0.15, -0.1) is 24.0 Å². The van der Waals surface area contributed by atoms with Crippen molar-refractivity contribution in [2.75, 3.05) is 40.0 Å². The zero-order valence-corrected chi connectivity index (χ0v) is 20.5. The molecule has 2 aromatic carbocycles. The quantitative estimate of drug-likeness (QED) is 0.308. The molecule has 1 N–H and O–H groups in total. The van der Waals surface area contributed by atoms with Crippen LogP contribution < -0.4 is 14.8 Å². The van der Waals surface area contributed by atoms with E-state index in [1.165, 1.54) is 16.3 Å². The third kappa shape index (κ3) is 4.91. The first-order valence-corrected chi connectivity index (χ1v) is 10.7. The van der Waals surface area contributed by atoms with E-state index in [1.807, 2.05) is 25.4 Å². The second-order valence-electron chi connectivity index (χ2n) is 7.83. The number of hydrogen-bond donors (Lipinski definition) is 1. The second-order valence-corrected chi connectivity index (χ2v) is 7.83. The number of hydrogen-bond acceptors (Lipinski definition) is 5.